The lowest BCUT2D eigenvalue weighted by atomic mass is 10.4. The van der Waals surface area contributed by atoms with Crippen molar-refractivity contribution in [2.24, 2.45) is 0 Å². The van der Waals surface area contributed by atoms with Crippen LogP contribution in [0.15, 0.2) is 11.1 Å². The molecule has 1 aromatic heterocycles. The summed E-state index contributed by atoms with van der Waals surface area (Å²) in [6.07, 6.45) is 0.0480. The highest BCUT2D eigenvalue weighted by atomic mass is 35.5. The maximum absolute atomic E-state index is 5.78. The van der Waals surface area contributed by atoms with E-state index in [-0.39, 0.29) is 6.10 Å². The van der Waals surface area contributed by atoms with Crippen LogP contribution in [0.5, 0.6) is 0 Å². The first-order valence-corrected chi connectivity index (χ1v) is 6.56. The fourth-order valence-corrected chi connectivity index (χ4v) is 2.49. The lowest BCUT2D eigenvalue weighted by Gasteiger charge is -2.16. The number of nitrogen functional groups attached to an aromatic ring is 1. The number of halogens is 1. The van der Waals surface area contributed by atoms with Gasteiger partial charge in [0.25, 0.3) is 0 Å². The topological polar surface area (TPSA) is 70.3 Å². The molecule has 1 atom stereocenters. The van der Waals surface area contributed by atoms with Gasteiger partial charge in [0, 0.05) is 11.8 Å². The number of hydrogen-bond donors (Lipinski definition) is 1. The summed E-state index contributed by atoms with van der Waals surface area (Å²) in [5, 5.41) is 8.66. The summed E-state index contributed by atoms with van der Waals surface area (Å²) in [5.74, 6) is 0.229. The maximum Gasteiger partial charge on any atom is 0.163 e. The Morgan fingerprint density at radius 1 is 1.59 bits per heavy atom. The lowest BCUT2D eigenvalue weighted by molar-refractivity contribution is -0.135. The number of ether oxygens (including phenoxy) is 2. The number of nitrogens with two attached hydrogens (primary N) is 1. The normalized spacial score (nSPS) is 22.9. The molecule has 0 amide bonds. The second-order valence-corrected chi connectivity index (χ2v) is 5.59. The summed E-state index contributed by atoms with van der Waals surface area (Å²) < 4.78 is 11.1. The molecule has 0 aliphatic carbocycles. The van der Waals surface area contributed by atoms with Crippen LogP contribution in [0, 0.1) is 0 Å². The van der Waals surface area contributed by atoms with Gasteiger partial charge >= 0.3 is 0 Å². The van der Waals surface area contributed by atoms with Gasteiger partial charge in [-0.3, -0.25) is 0 Å². The summed E-state index contributed by atoms with van der Waals surface area (Å²) in [6.45, 7) is 4.38. The number of thioether (sulfide) groups is 1. The zero-order valence-electron chi connectivity index (χ0n) is 9.64. The molecule has 5 nitrogen and oxygen atoms in total. The zero-order valence-corrected chi connectivity index (χ0v) is 11.2. The molecule has 1 fully saturated rings. The molecule has 7 heteroatoms. The Hall–Kier alpha value is -0.560. The maximum atomic E-state index is 5.78. The number of hydrogen-bond acceptors (Lipinski definition) is 6. The summed E-state index contributed by atoms with van der Waals surface area (Å²) in [5.41, 5.74) is 6.31. The predicted molar refractivity (Wildman–Crippen MR) is 67.1 cm³/mol. The van der Waals surface area contributed by atoms with E-state index < -0.39 is 5.79 Å². The molecule has 0 saturated carbocycles. The molecule has 0 bridgehead atoms. The fourth-order valence-electron chi connectivity index (χ4n) is 1.50. The Labute approximate surface area is 109 Å². The van der Waals surface area contributed by atoms with E-state index in [0.29, 0.717) is 22.5 Å². The number of rotatable bonds is 3. The van der Waals surface area contributed by atoms with Gasteiger partial charge in [0.15, 0.2) is 10.9 Å². The van der Waals surface area contributed by atoms with E-state index in [1.807, 2.05) is 13.8 Å². The molecule has 1 aliphatic heterocycles. The summed E-state index contributed by atoms with van der Waals surface area (Å²) in [7, 11) is 0. The first kappa shape index (κ1) is 12.9. The highest BCUT2D eigenvalue weighted by molar-refractivity contribution is 7.99. The van der Waals surface area contributed by atoms with E-state index in [1.165, 1.54) is 11.8 Å². The van der Waals surface area contributed by atoms with Crippen molar-refractivity contribution in [3.63, 3.8) is 0 Å². The van der Waals surface area contributed by atoms with Gasteiger partial charge in [-0.15, -0.1) is 10.2 Å². The van der Waals surface area contributed by atoms with Crippen molar-refractivity contribution in [1.29, 1.82) is 0 Å². The minimum Gasteiger partial charge on any atom is -0.396 e. The molecule has 2 heterocycles. The van der Waals surface area contributed by atoms with Crippen LogP contribution in [0.3, 0.4) is 0 Å². The third-order valence-electron chi connectivity index (χ3n) is 2.23. The monoisotopic (exact) mass is 275 g/mol. The molecular formula is C10H14ClN3O2S. The molecule has 1 aromatic rings. The zero-order chi connectivity index (χ0) is 12.5. The van der Waals surface area contributed by atoms with Crippen molar-refractivity contribution in [2.45, 2.75) is 30.8 Å². The molecule has 0 aromatic carbocycles. The first-order chi connectivity index (χ1) is 7.96. The third kappa shape index (κ3) is 3.45. The molecular weight excluding hydrogens is 262 g/mol. The first-order valence-electron chi connectivity index (χ1n) is 5.19. The summed E-state index contributed by atoms with van der Waals surface area (Å²) >= 11 is 7.17. The minimum absolute atomic E-state index is 0.0480. The van der Waals surface area contributed by atoms with E-state index >= 15 is 0 Å². The van der Waals surface area contributed by atoms with E-state index in [1.54, 1.807) is 6.07 Å². The Bertz CT molecular complexity index is 417. The van der Waals surface area contributed by atoms with Crippen LogP contribution in [0.2, 0.25) is 5.15 Å². The van der Waals surface area contributed by atoms with Gasteiger partial charge in [-0.25, -0.2) is 0 Å². The molecule has 1 aliphatic rings. The van der Waals surface area contributed by atoms with Crippen molar-refractivity contribution in [1.82, 2.24) is 10.2 Å². The minimum atomic E-state index is -0.498. The van der Waals surface area contributed by atoms with Crippen molar-refractivity contribution < 1.29 is 9.47 Å². The van der Waals surface area contributed by atoms with Gasteiger partial charge < -0.3 is 15.2 Å². The number of aromatic nitrogens is 2. The second-order valence-electron chi connectivity index (χ2n) is 4.19. The van der Waals surface area contributed by atoms with Crippen LogP contribution in [-0.4, -0.2) is 34.4 Å². The number of nitrogens with zero attached hydrogens (tertiary/aromatic N) is 2. The molecule has 17 heavy (non-hydrogen) atoms. The van der Waals surface area contributed by atoms with Gasteiger partial charge in [0.05, 0.1) is 18.4 Å². The van der Waals surface area contributed by atoms with E-state index in [4.69, 9.17) is 26.8 Å². The molecule has 94 valence electrons. The van der Waals surface area contributed by atoms with E-state index in [9.17, 15) is 0 Å². The standard InChI is InChI=1S/C10H14ClN3O2S/c1-10(2)15-4-6(16-10)5-17-9-7(12)3-8(11)13-14-9/h3,6H,4-5H2,1-2H3,(H2,12,13). The second kappa shape index (κ2) is 4.97. The molecule has 0 spiro atoms. The van der Waals surface area contributed by atoms with Crippen LogP contribution >= 0.6 is 23.4 Å². The molecule has 1 unspecified atom stereocenters. The lowest BCUT2D eigenvalue weighted by Crippen LogP contribution is -2.22. The largest absolute Gasteiger partial charge is 0.396 e. The Kier molecular flexibility index (Phi) is 3.77. The number of anilines is 1. The van der Waals surface area contributed by atoms with Crippen molar-refractivity contribution in [3.8, 4) is 0 Å². The molecule has 2 rings (SSSR count). The molecule has 1 saturated heterocycles. The smallest absolute Gasteiger partial charge is 0.163 e. The average molecular weight is 276 g/mol. The van der Waals surface area contributed by atoms with Crippen molar-refractivity contribution in [2.75, 3.05) is 18.1 Å². The van der Waals surface area contributed by atoms with Crippen LogP contribution in [0.25, 0.3) is 0 Å². The van der Waals surface area contributed by atoms with Crippen molar-refractivity contribution in [3.05, 3.63) is 11.2 Å². The molecule has 2 N–H and O–H groups in total. The average Bonchev–Trinajstić information content (AvgIpc) is 2.57. The van der Waals surface area contributed by atoms with E-state index in [0.717, 1.165) is 5.75 Å². The van der Waals surface area contributed by atoms with Crippen LogP contribution in [0.1, 0.15) is 13.8 Å². The summed E-state index contributed by atoms with van der Waals surface area (Å²) in [6, 6.07) is 1.59. The van der Waals surface area contributed by atoms with Gasteiger partial charge in [-0.2, -0.15) is 0 Å². The fraction of sp³-hybridized carbons (Fsp3) is 0.600. The van der Waals surface area contributed by atoms with Gasteiger partial charge in [0.1, 0.15) is 5.03 Å². The highest BCUT2D eigenvalue weighted by Gasteiger charge is 2.32. The van der Waals surface area contributed by atoms with E-state index in [2.05, 4.69) is 10.2 Å². The summed E-state index contributed by atoms with van der Waals surface area (Å²) in [4.78, 5) is 0. The van der Waals surface area contributed by atoms with Gasteiger partial charge in [-0.05, 0) is 13.8 Å². The molecule has 0 radical (unpaired) electrons. The van der Waals surface area contributed by atoms with Crippen LogP contribution in [0.4, 0.5) is 5.69 Å². The van der Waals surface area contributed by atoms with Gasteiger partial charge in [0.2, 0.25) is 0 Å². The highest BCUT2D eigenvalue weighted by Crippen LogP contribution is 2.29. The Morgan fingerprint density at radius 2 is 2.35 bits per heavy atom. The predicted octanol–water partition coefficient (Wildman–Crippen LogP) is 1.96. The van der Waals surface area contributed by atoms with Gasteiger partial charge in [-0.1, -0.05) is 23.4 Å². The Morgan fingerprint density at radius 3 is 2.94 bits per heavy atom. The quantitative estimate of drug-likeness (QED) is 0.851. The Balaban J connectivity index is 1.90. The third-order valence-corrected chi connectivity index (χ3v) is 3.55. The van der Waals surface area contributed by atoms with Crippen molar-refractivity contribution >= 4 is 29.1 Å². The SMILES string of the molecule is CC1(C)OCC(CSc2nnc(Cl)cc2N)O1. The van der Waals surface area contributed by atoms with Crippen LogP contribution < -0.4 is 5.73 Å². The van der Waals surface area contributed by atoms with Crippen LogP contribution in [-0.2, 0) is 9.47 Å².